The fourth-order valence-corrected chi connectivity index (χ4v) is 2.04. The van der Waals surface area contributed by atoms with E-state index in [9.17, 15) is 4.79 Å². The summed E-state index contributed by atoms with van der Waals surface area (Å²) in [4.78, 5) is 12.0. The minimum absolute atomic E-state index is 0.0752. The number of rotatable bonds is 2. The molecule has 0 atom stereocenters. The monoisotopic (exact) mass is 219 g/mol. The zero-order chi connectivity index (χ0) is 10.8. The molecule has 1 aromatic heterocycles. The normalized spacial score (nSPS) is 10.8. The van der Waals surface area contributed by atoms with Crippen LogP contribution in [0.3, 0.4) is 0 Å². The van der Waals surface area contributed by atoms with Gasteiger partial charge in [-0.25, -0.2) is 0 Å². The van der Waals surface area contributed by atoms with Gasteiger partial charge in [0.2, 0.25) is 0 Å². The number of thiol groups is 1. The smallest absolute Gasteiger partial charge is 0.255 e. The molecule has 0 unspecified atom stereocenters. The maximum Gasteiger partial charge on any atom is 0.255 e. The van der Waals surface area contributed by atoms with Crippen LogP contribution in [0.25, 0.3) is 10.9 Å². The van der Waals surface area contributed by atoms with Gasteiger partial charge in [0.15, 0.2) is 0 Å². The van der Waals surface area contributed by atoms with E-state index < -0.39 is 0 Å². The van der Waals surface area contributed by atoms with Gasteiger partial charge in [-0.15, -0.1) is 0 Å². The molecule has 0 aliphatic rings. The second kappa shape index (κ2) is 4.11. The standard InChI is InChI=1S/C12H13NOS/c1-2-13-11-6-4-3-5-9(11)7-10(8-15)12(13)14/h3-7,15H,2,8H2,1H3. The zero-order valence-corrected chi connectivity index (χ0v) is 9.50. The highest BCUT2D eigenvalue weighted by atomic mass is 32.1. The molecule has 78 valence electrons. The van der Waals surface area contributed by atoms with Crippen LogP contribution < -0.4 is 5.56 Å². The van der Waals surface area contributed by atoms with Gasteiger partial charge in [-0.1, -0.05) is 18.2 Å². The Labute approximate surface area is 94.0 Å². The van der Waals surface area contributed by atoms with Crippen LogP contribution in [0.2, 0.25) is 0 Å². The van der Waals surface area contributed by atoms with Crippen molar-refractivity contribution < 1.29 is 0 Å². The topological polar surface area (TPSA) is 22.0 Å². The zero-order valence-electron chi connectivity index (χ0n) is 8.60. The molecule has 0 saturated heterocycles. The summed E-state index contributed by atoms with van der Waals surface area (Å²) in [5.74, 6) is 0.490. The average Bonchev–Trinajstić information content (AvgIpc) is 2.28. The van der Waals surface area contributed by atoms with Crippen molar-refractivity contribution in [2.75, 3.05) is 0 Å². The Bertz CT molecular complexity index is 545. The Morgan fingerprint density at radius 1 is 1.33 bits per heavy atom. The summed E-state index contributed by atoms with van der Waals surface area (Å²) >= 11 is 4.18. The lowest BCUT2D eigenvalue weighted by Crippen LogP contribution is -2.22. The number of benzene rings is 1. The number of pyridine rings is 1. The lowest BCUT2D eigenvalue weighted by atomic mass is 10.1. The molecule has 0 aliphatic carbocycles. The molecule has 0 bridgehead atoms. The van der Waals surface area contributed by atoms with Crippen molar-refractivity contribution in [2.45, 2.75) is 19.2 Å². The molecule has 0 aliphatic heterocycles. The second-order valence-electron chi connectivity index (χ2n) is 3.44. The first-order chi connectivity index (χ1) is 7.27. The van der Waals surface area contributed by atoms with Crippen LogP contribution in [0, 0.1) is 0 Å². The number of aryl methyl sites for hydroxylation is 1. The quantitative estimate of drug-likeness (QED) is 0.770. The summed E-state index contributed by atoms with van der Waals surface area (Å²) in [6.45, 7) is 2.68. The average molecular weight is 219 g/mol. The number of aromatic nitrogens is 1. The minimum atomic E-state index is 0.0752. The van der Waals surface area contributed by atoms with Crippen LogP contribution in [0.4, 0.5) is 0 Å². The first kappa shape index (κ1) is 10.3. The predicted octanol–water partition coefficient (Wildman–Crippen LogP) is 2.45. The molecule has 0 spiro atoms. The molecule has 3 heteroatoms. The molecule has 2 aromatic rings. The number of fused-ring (bicyclic) bond motifs is 1. The third-order valence-electron chi connectivity index (χ3n) is 2.56. The van der Waals surface area contributed by atoms with Gasteiger partial charge in [-0.2, -0.15) is 12.6 Å². The van der Waals surface area contributed by atoms with Crippen molar-refractivity contribution in [2.24, 2.45) is 0 Å². The van der Waals surface area contributed by atoms with Crippen molar-refractivity contribution in [1.82, 2.24) is 4.57 Å². The van der Waals surface area contributed by atoms with E-state index in [0.717, 1.165) is 16.5 Å². The Morgan fingerprint density at radius 2 is 2.07 bits per heavy atom. The SMILES string of the molecule is CCn1c(=O)c(CS)cc2ccccc21. The van der Waals surface area contributed by atoms with Crippen LogP contribution in [0.15, 0.2) is 35.1 Å². The summed E-state index contributed by atoms with van der Waals surface area (Å²) in [5, 5.41) is 1.10. The first-order valence-corrected chi connectivity index (χ1v) is 5.63. The maximum absolute atomic E-state index is 12.0. The van der Waals surface area contributed by atoms with Gasteiger partial charge in [0.05, 0.1) is 5.52 Å². The fourth-order valence-electron chi connectivity index (χ4n) is 1.81. The highest BCUT2D eigenvalue weighted by molar-refractivity contribution is 7.79. The molecule has 1 aromatic carbocycles. The third kappa shape index (κ3) is 1.67. The summed E-state index contributed by atoms with van der Waals surface area (Å²) < 4.78 is 1.79. The number of hydrogen-bond acceptors (Lipinski definition) is 2. The Balaban J connectivity index is 2.90. The summed E-state index contributed by atoms with van der Waals surface area (Å²) in [5.41, 5.74) is 1.83. The van der Waals surface area contributed by atoms with E-state index in [0.29, 0.717) is 12.3 Å². The van der Waals surface area contributed by atoms with Crippen LogP contribution in [0.1, 0.15) is 12.5 Å². The van der Waals surface area contributed by atoms with E-state index in [2.05, 4.69) is 12.6 Å². The van der Waals surface area contributed by atoms with E-state index in [-0.39, 0.29) is 5.56 Å². The molecule has 0 amide bonds. The summed E-state index contributed by atoms with van der Waals surface area (Å²) in [7, 11) is 0. The Morgan fingerprint density at radius 3 is 2.73 bits per heavy atom. The molecule has 15 heavy (non-hydrogen) atoms. The van der Waals surface area contributed by atoms with E-state index in [4.69, 9.17) is 0 Å². The van der Waals surface area contributed by atoms with Gasteiger partial charge in [0, 0.05) is 17.9 Å². The highest BCUT2D eigenvalue weighted by Gasteiger charge is 2.05. The summed E-state index contributed by atoms with van der Waals surface area (Å²) in [6, 6.07) is 9.86. The highest BCUT2D eigenvalue weighted by Crippen LogP contribution is 2.13. The van der Waals surface area contributed by atoms with Crippen molar-refractivity contribution >= 4 is 23.5 Å². The minimum Gasteiger partial charge on any atom is -0.308 e. The van der Waals surface area contributed by atoms with Gasteiger partial charge in [-0.05, 0) is 24.4 Å². The molecule has 1 heterocycles. The van der Waals surface area contributed by atoms with Gasteiger partial charge in [-0.3, -0.25) is 4.79 Å². The second-order valence-corrected chi connectivity index (χ2v) is 3.75. The van der Waals surface area contributed by atoms with Crippen molar-refractivity contribution in [1.29, 1.82) is 0 Å². The first-order valence-electron chi connectivity index (χ1n) is 5.00. The van der Waals surface area contributed by atoms with Crippen LogP contribution in [-0.2, 0) is 12.3 Å². The Kier molecular flexibility index (Phi) is 2.82. The van der Waals surface area contributed by atoms with Gasteiger partial charge in [0.25, 0.3) is 5.56 Å². The summed E-state index contributed by atoms with van der Waals surface area (Å²) in [6.07, 6.45) is 0. The molecule has 2 rings (SSSR count). The van der Waals surface area contributed by atoms with E-state index >= 15 is 0 Å². The molecule has 0 saturated carbocycles. The number of para-hydroxylation sites is 1. The predicted molar refractivity (Wildman–Crippen MR) is 66.6 cm³/mol. The molecule has 0 radical (unpaired) electrons. The molecule has 2 nitrogen and oxygen atoms in total. The molecular formula is C12H13NOS. The van der Waals surface area contributed by atoms with Crippen molar-refractivity contribution in [3.05, 3.63) is 46.2 Å². The van der Waals surface area contributed by atoms with Gasteiger partial charge in [0.1, 0.15) is 0 Å². The van der Waals surface area contributed by atoms with Crippen LogP contribution in [0.5, 0.6) is 0 Å². The van der Waals surface area contributed by atoms with E-state index in [1.165, 1.54) is 0 Å². The maximum atomic E-state index is 12.0. The lowest BCUT2D eigenvalue weighted by molar-refractivity contribution is 0.753. The van der Waals surface area contributed by atoms with E-state index in [1.807, 2.05) is 37.3 Å². The molecule has 0 fully saturated rings. The Hall–Kier alpha value is -1.22. The molecular weight excluding hydrogens is 206 g/mol. The molecule has 0 N–H and O–H groups in total. The van der Waals surface area contributed by atoms with Crippen molar-refractivity contribution in [3.8, 4) is 0 Å². The number of hydrogen-bond donors (Lipinski definition) is 1. The van der Waals surface area contributed by atoms with Gasteiger partial charge < -0.3 is 4.57 Å². The van der Waals surface area contributed by atoms with Crippen molar-refractivity contribution in [3.63, 3.8) is 0 Å². The largest absolute Gasteiger partial charge is 0.308 e. The third-order valence-corrected chi connectivity index (χ3v) is 2.90. The van der Waals surface area contributed by atoms with Crippen LogP contribution >= 0.6 is 12.6 Å². The fraction of sp³-hybridized carbons (Fsp3) is 0.250. The van der Waals surface area contributed by atoms with E-state index in [1.54, 1.807) is 4.57 Å². The van der Waals surface area contributed by atoms with Gasteiger partial charge >= 0.3 is 0 Å². The number of nitrogens with zero attached hydrogens (tertiary/aromatic N) is 1. The van der Waals surface area contributed by atoms with Crippen LogP contribution in [-0.4, -0.2) is 4.57 Å². The lowest BCUT2D eigenvalue weighted by Gasteiger charge is -2.09.